The van der Waals surface area contributed by atoms with E-state index in [0.717, 1.165) is 31.0 Å². The first-order valence-corrected chi connectivity index (χ1v) is 5.57. The van der Waals surface area contributed by atoms with Gasteiger partial charge in [0.15, 0.2) is 0 Å². The van der Waals surface area contributed by atoms with Crippen molar-refractivity contribution in [2.75, 3.05) is 20.2 Å². The fourth-order valence-corrected chi connectivity index (χ4v) is 1.45. The Labute approximate surface area is 92.9 Å². The van der Waals surface area contributed by atoms with Crippen molar-refractivity contribution in [1.29, 1.82) is 0 Å². The van der Waals surface area contributed by atoms with Crippen LogP contribution in [0.15, 0.2) is 36.3 Å². The van der Waals surface area contributed by atoms with Crippen LogP contribution in [0.25, 0.3) is 0 Å². The molecular formula is C13H21NO. The van der Waals surface area contributed by atoms with Gasteiger partial charge in [-0.2, -0.15) is 0 Å². The van der Waals surface area contributed by atoms with Gasteiger partial charge in [0.2, 0.25) is 0 Å². The molecule has 1 atom stereocenters. The minimum absolute atomic E-state index is 0.597. The number of nitrogens with zero attached hydrogens (tertiary/aromatic N) is 1. The Balaban J connectivity index is 2.80. The zero-order valence-electron chi connectivity index (χ0n) is 9.99. The first-order chi connectivity index (χ1) is 7.19. The maximum atomic E-state index is 5.63. The molecule has 1 aliphatic rings. The lowest BCUT2D eigenvalue weighted by atomic mass is 10.1. The third kappa shape index (κ3) is 3.15. The average molecular weight is 207 g/mol. The van der Waals surface area contributed by atoms with Crippen LogP contribution in [0, 0.1) is 5.92 Å². The molecule has 1 unspecified atom stereocenters. The van der Waals surface area contributed by atoms with E-state index in [4.69, 9.17) is 4.74 Å². The van der Waals surface area contributed by atoms with E-state index >= 15 is 0 Å². The van der Waals surface area contributed by atoms with Crippen LogP contribution in [-0.2, 0) is 4.74 Å². The molecule has 84 valence electrons. The first-order valence-electron chi connectivity index (χ1n) is 5.57. The van der Waals surface area contributed by atoms with Gasteiger partial charge in [0, 0.05) is 7.05 Å². The molecule has 0 N–H and O–H groups in total. The normalized spacial score (nSPS) is 19.3. The summed E-state index contributed by atoms with van der Waals surface area (Å²) in [5.41, 5.74) is 1.08. The van der Waals surface area contributed by atoms with E-state index in [2.05, 4.69) is 44.5 Å². The maximum absolute atomic E-state index is 5.63. The Morgan fingerprint density at radius 3 is 2.93 bits per heavy atom. The van der Waals surface area contributed by atoms with Crippen molar-refractivity contribution in [2.24, 2.45) is 5.92 Å². The minimum Gasteiger partial charge on any atom is -0.490 e. The summed E-state index contributed by atoms with van der Waals surface area (Å²) < 4.78 is 5.63. The van der Waals surface area contributed by atoms with Crippen molar-refractivity contribution >= 4 is 0 Å². The van der Waals surface area contributed by atoms with Gasteiger partial charge < -0.3 is 9.64 Å². The van der Waals surface area contributed by atoms with Crippen molar-refractivity contribution in [2.45, 2.75) is 20.3 Å². The molecule has 0 saturated carbocycles. The average Bonchev–Trinajstić information content (AvgIpc) is 2.25. The van der Waals surface area contributed by atoms with E-state index in [-0.39, 0.29) is 0 Å². The van der Waals surface area contributed by atoms with Crippen molar-refractivity contribution in [3.63, 3.8) is 0 Å². The van der Waals surface area contributed by atoms with Crippen LogP contribution in [0.3, 0.4) is 0 Å². The fraction of sp³-hybridized carbons (Fsp3) is 0.538. The molecular weight excluding hydrogens is 186 g/mol. The van der Waals surface area contributed by atoms with Crippen molar-refractivity contribution in [3.8, 4) is 0 Å². The standard InChI is InChI=1S/C13H21NO/c1-5-11(3)7-8-13-12(6-2)14(4)9-10-15-13/h6-8,11H,2,5,9-10H2,1,3-4H3/b8-7-. The summed E-state index contributed by atoms with van der Waals surface area (Å²) in [7, 11) is 2.07. The number of hydrogen-bond donors (Lipinski definition) is 0. The number of hydrogen-bond acceptors (Lipinski definition) is 2. The summed E-state index contributed by atoms with van der Waals surface area (Å²) in [6, 6.07) is 0. The van der Waals surface area contributed by atoms with Gasteiger partial charge in [0.05, 0.1) is 12.2 Å². The SMILES string of the molecule is C=CC1=C(/C=C\C(C)CC)OCCN1C. The highest BCUT2D eigenvalue weighted by Crippen LogP contribution is 2.18. The van der Waals surface area contributed by atoms with Crippen LogP contribution < -0.4 is 0 Å². The van der Waals surface area contributed by atoms with Crippen molar-refractivity contribution in [3.05, 3.63) is 36.3 Å². The summed E-state index contributed by atoms with van der Waals surface area (Å²) in [4.78, 5) is 2.17. The highest BCUT2D eigenvalue weighted by molar-refractivity contribution is 5.28. The van der Waals surface area contributed by atoms with Crippen molar-refractivity contribution in [1.82, 2.24) is 4.90 Å². The summed E-state index contributed by atoms with van der Waals surface area (Å²) in [5, 5.41) is 0. The summed E-state index contributed by atoms with van der Waals surface area (Å²) in [6.07, 6.45) is 7.28. The van der Waals surface area contributed by atoms with E-state index in [1.807, 2.05) is 6.08 Å². The number of rotatable bonds is 4. The van der Waals surface area contributed by atoms with E-state index in [0.29, 0.717) is 5.92 Å². The molecule has 0 aromatic carbocycles. The number of ether oxygens (including phenoxy) is 1. The van der Waals surface area contributed by atoms with Crippen LogP contribution in [0.1, 0.15) is 20.3 Å². The zero-order chi connectivity index (χ0) is 11.3. The van der Waals surface area contributed by atoms with Gasteiger partial charge in [0.25, 0.3) is 0 Å². The lowest BCUT2D eigenvalue weighted by Crippen LogP contribution is -2.27. The van der Waals surface area contributed by atoms with Gasteiger partial charge in [-0.3, -0.25) is 0 Å². The van der Waals surface area contributed by atoms with E-state index in [1.54, 1.807) is 0 Å². The largest absolute Gasteiger partial charge is 0.490 e. The Hall–Kier alpha value is -1.18. The molecule has 0 aromatic rings. The quantitative estimate of drug-likeness (QED) is 0.702. The second kappa shape index (κ2) is 5.64. The topological polar surface area (TPSA) is 12.5 Å². The van der Waals surface area contributed by atoms with Crippen LogP contribution >= 0.6 is 0 Å². The third-order valence-electron chi connectivity index (χ3n) is 2.76. The van der Waals surface area contributed by atoms with Crippen LogP contribution in [0.2, 0.25) is 0 Å². The number of likely N-dealkylation sites (N-methyl/N-ethyl adjacent to an activating group) is 1. The van der Waals surface area contributed by atoms with Crippen LogP contribution in [-0.4, -0.2) is 25.1 Å². The molecule has 2 nitrogen and oxygen atoms in total. The van der Waals surface area contributed by atoms with E-state index in [9.17, 15) is 0 Å². The van der Waals surface area contributed by atoms with E-state index < -0.39 is 0 Å². The monoisotopic (exact) mass is 207 g/mol. The van der Waals surface area contributed by atoms with Gasteiger partial charge in [-0.1, -0.05) is 32.9 Å². The molecule has 0 fully saturated rings. The van der Waals surface area contributed by atoms with Gasteiger partial charge in [-0.25, -0.2) is 0 Å². The number of allylic oxidation sites excluding steroid dienone is 3. The molecule has 0 radical (unpaired) electrons. The molecule has 0 spiro atoms. The lowest BCUT2D eigenvalue weighted by molar-refractivity contribution is 0.156. The Bertz CT molecular complexity index is 278. The van der Waals surface area contributed by atoms with Gasteiger partial charge in [-0.05, 0) is 18.1 Å². The molecule has 0 bridgehead atoms. The molecule has 0 amide bonds. The molecule has 1 rings (SSSR count). The van der Waals surface area contributed by atoms with Crippen LogP contribution in [0.4, 0.5) is 0 Å². The van der Waals surface area contributed by atoms with E-state index in [1.165, 1.54) is 0 Å². The molecule has 15 heavy (non-hydrogen) atoms. The highest BCUT2D eigenvalue weighted by Gasteiger charge is 2.13. The third-order valence-corrected chi connectivity index (χ3v) is 2.76. The summed E-state index contributed by atoms with van der Waals surface area (Å²) in [5.74, 6) is 1.54. The van der Waals surface area contributed by atoms with Crippen LogP contribution in [0.5, 0.6) is 0 Å². The minimum atomic E-state index is 0.597. The molecule has 0 saturated heterocycles. The maximum Gasteiger partial charge on any atom is 0.142 e. The van der Waals surface area contributed by atoms with Gasteiger partial charge >= 0.3 is 0 Å². The van der Waals surface area contributed by atoms with Gasteiger partial charge in [0.1, 0.15) is 12.4 Å². The predicted octanol–water partition coefficient (Wildman–Crippen LogP) is 2.95. The lowest BCUT2D eigenvalue weighted by Gasteiger charge is -2.27. The van der Waals surface area contributed by atoms with Crippen molar-refractivity contribution < 1.29 is 4.74 Å². The molecule has 0 aromatic heterocycles. The Kier molecular flexibility index (Phi) is 4.47. The summed E-state index contributed by atoms with van der Waals surface area (Å²) >= 11 is 0. The second-order valence-electron chi connectivity index (χ2n) is 3.97. The zero-order valence-corrected chi connectivity index (χ0v) is 9.99. The molecule has 1 aliphatic heterocycles. The summed E-state index contributed by atoms with van der Waals surface area (Å²) in [6.45, 7) is 9.90. The predicted molar refractivity (Wildman–Crippen MR) is 64.4 cm³/mol. The highest BCUT2D eigenvalue weighted by atomic mass is 16.5. The fourth-order valence-electron chi connectivity index (χ4n) is 1.45. The second-order valence-corrected chi connectivity index (χ2v) is 3.97. The first kappa shape index (κ1) is 11.9. The van der Waals surface area contributed by atoms with Gasteiger partial charge in [-0.15, -0.1) is 0 Å². The molecule has 2 heteroatoms. The molecule has 1 heterocycles. The smallest absolute Gasteiger partial charge is 0.142 e. The Morgan fingerprint density at radius 1 is 1.60 bits per heavy atom. The molecule has 0 aliphatic carbocycles. The Morgan fingerprint density at radius 2 is 2.33 bits per heavy atom.